The van der Waals surface area contributed by atoms with Gasteiger partial charge in [-0.25, -0.2) is 4.79 Å². The van der Waals surface area contributed by atoms with Gasteiger partial charge in [-0.05, 0) is 56.4 Å². The minimum atomic E-state index is -0.802. The molecule has 3 aliphatic rings. The second kappa shape index (κ2) is 9.21. The van der Waals surface area contributed by atoms with Crippen LogP contribution in [0.15, 0.2) is 0 Å². The van der Waals surface area contributed by atoms with Crippen molar-refractivity contribution in [3.8, 4) is 0 Å². The Morgan fingerprint density at radius 1 is 1.21 bits per heavy atom. The van der Waals surface area contributed by atoms with Crippen molar-refractivity contribution < 1.29 is 14.4 Å². The molecular weight excluding hydrogens is 392 g/mol. The van der Waals surface area contributed by atoms with Crippen molar-refractivity contribution in [1.82, 2.24) is 20.4 Å². The summed E-state index contributed by atoms with van der Waals surface area (Å²) < 4.78 is 0. The van der Waals surface area contributed by atoms with Crippen LogP contribution in [0.3, 0.4) is 0 Å². The van der Waals surface area contributed by atoms with Crippen LogP contribution < -0.4 is 10.6 Å². The van der Waals surface area contributed by atoms with Crippen LogP contribution in [0.25, 0.3) is 0 Å². The number of carbonyl (C=O) groups excluding carboxylic acids is 3. The Kier molecular flexibility index (Phi) is 7.60. The lowest BCUT2D eigenvalue weighted by molar-refractivity contribution is -0.141. The standard InChI is InChI=1S/C21H36N4O3.ClH/c1-5-12-24(16-8-11-22-13-16)17(26)14-25-18(27)21(23-19(25)28)9-6-15(7-10-21)20(2,3)4;/h15-16,22H,5-14H2,1-4H3,(H,23,28);1H. The Balaban J connectivity index is 0.00000300. The number of hydrogen-bond acceptors (Lipinski definition) is 4. The summed E-state index contributed by atoms with van der Waals surface area (Å²) in [6.07, 6.45) is 4.95. The molecule has 0 bridgehead atoms. The highest BCUT2D eigenvalue weighted by Crippen LogP contribution is 2.43. The van der Waals surface area contributed by atoms with E-state index >= 15 is 0 Å². The third-order valence-electron chi connectivity index (χ3n) is 6.86. The van der Waals surface area contributed by atoms with E-state index in [0.717, 1.165) is 43.7 Å². The average molecular weight is 429 g/mol. The number of imide groups is 1. The fraction of sp³-hybridized carbons (Fsp3) is 0.857. The van der Waals surface area contributed by atoms with Gasteiger partial charge in [-0.1, -0.05) is 27.7 Å². The van der Waals surface area contributed by atoms with E-state index in [9.17, 15) is 14.4 Å². The van der Waals surface area contributed by atoms with Crippen molar-refractivity contribution in [2.75, 3.05) is 26.2 Å². The molecule has 29 heavy (non-hydrogen) atoms. The van der Waals surface area contributed by atoms with Crippen molar-refractivity contribution in [2.24, 2.45) is 11.3 Å². The summed E-state index contributed by atoms with van der Waals surface area (Å²) in [7, 11) is 0. The lowest BCUT2D eigenvalue weighted by Gasteiger charge is -2.40. The van der Waals surface area contributed by atoms with Crippen molar-refractivity contribution in [3.05, 3.63) is 0 Å². The number of nitrogens with zero attached hydrogens (tertiary/aromatic N) is 2. The Morgan fingerprint density at radius 3 is 2.38 bits per heavy atom. The molecule has 0 aromatic heterocycles. The van der Waals surface area contributed by atoms with Crippen LogP contribution in [0.5, 0.6) is 0 Å². The number of urea groups is 1. The van der Waals surface area contributed by atoms with Crippen LogP contribution in [0, 0.1) is 11.3 Å². The first-order chi connectivity index (χ1) is 13.2. The second-order valence-corrected chi connectivity index (χ2v) is 9.78. The highest BCUT2D eigenvalue weighted by molar-refractivity contribution is 6.09. The number of amides is 4. The first kappa shape index (κ1) is 23.9. The highest BCUT2D eigenvalue weighted by Gasteiger charge is 2.53. The van der Waals surface area contributed by atoms with Gasteiger partial charge in [0.05, 0.1) is 0 Å². The number of rotatable bonds is 5. The lowest BCUT2D eigenvalue weighted by Crippen LogP contribution is -2.51. The van der Waals surface area contributed by atoms with Crippen molar-refractivity contribution in [1.29, 1.82) is 0 Å². The minimum absolute atomic E-state index is 0. The van der Waals surface area contributed by atoms with Gasteiger partial charge in [0.1, 0.15) is 12.1 Å². The van der Waals surface area contributed by atoms with E-state index in [-0.39, 0.29) is 42.2 Å². The number of hydrogen-bond donors (Lipinski definition) is 2. The van der Waals surface area contributed by atoms with Crippen LogP contribution in [-0.2, 0) is 9.59 Å². The van der Waals surface area contributed by atoms with E-state index in [4.69, 9.17) is 0 Å². The third kappa shape index (κ3) is 4.88. The van der Waals surface area contributed by atoms with Gasteiger partial charge in [0.2, 0.25) is 5.91 Å². The molecule has 7 nitrogen and oxygen atoms in total. The molecule has 166 valence electrons. The van der Waals surface area contributed by atoms with Gasteiger partial charge in [0.25, 0.3) is 5.91 Å². The molecule has 8 heteroatoms. The van der Waals surface area contributed by atoms with Gasteiger partial charge >= 0.3 is 6.03 Å². The molecule has 2 aliphatic heterocycles. The van der Waals surface area contributed by atoms with Crippen molar-refractivity contribution >= 4 is 30.3 Å². The summed E-state index contributed by atoms with van der Waals surface area (Å²) in [6.45, 7) is 10.9. The molecule has 1 atom stereocenters. The van der Waals surface area contributed by atoms with Gasteiger partial charge in [-0.2, -0.15) is 0 Å². The highest BCUT2D eigenvalue weighted by atomic mass is 35.5. The number of carbonyl (C=O) groups is 3. The molecule has 1 saturated carbocycles. The number of halogens is 1. The van der Waals surface area contributed by atoms with E-state index in [2.05, 4.69) is 31.4 Å². The van der Waals surface area contributed by atoms with Crippen LogP contribution in [0.1, 0.15) is 66.2 Å². The molecule has 1 aliphatic carbocycles. The summed E-state index contributed by atoms with van der Waals surface area (Å²) >= 11 is 0. The van der Waals surface area contributed by atoms with Gasteiger partial charge in [0.15, 0.2) is 0 Å². The van der Waals surface area contributed by atoms with Crippen LogP contribution in [0.4, 0.5) is 4.79 Å². The van der Waals surface area contributed by atoms with Crippen LogP contribution in [0.2, 0.25) is 0 Å². The van der Waals surface area contributed by atoms with Crippen LogP contribution >= 0.6 is 12.4 Å². The lowest BCUT2D eigenvalue weighted by atomic mass is 9.67. The van der Waals surface area contributed by atoms with E-state index in [1.54, 1.807) is 0 Å². The monoisotopic (exact) mass is 428 g/mol. The fourth-order valence-electron chi connectivity index (χ4n) is 5.02. The molecule has 1 spiro atoms. The molecule has 0 radical (unpaired) electrons. The SMILES string of the molecule is CCCN(C(=O)CN1C(=O)NC2(CCC(C(C)(C)C)CC2)C1=O)C1CCNC1.Cl. The zero-order chi connectivity index (χ0) is 20.5. The molecule has 0 aromatic rings. The van der Waals surface area contributed by atoms with Crippen molar-refractivity contribution in [2.45, 2.75) is 77.8 Å². The smallest absolute Gasteiger partial charge is 0.325 e. The van der Waals surface area contributed by atoms with E-state index in [1.165, 1.54) is 0 Å². The Morgan fingerprint density at radius 2 is 1.86 bits per heavy atom. The van der Waals surface area contributed by atoms with E-state index in [0.29, 0.717) is 25.3 Å². The molecule has 2 N–H and O–H groups in total. The first-order valence-electron chi connectivity index (χ1n) is 10.8. The Hall–Kier alpha value is -1.34. The van der Waals surface area contributed by atoms with Gasteiger partial charge < -0.3 is 15.5 Å². The fourth-order valence-corrected chi connectivity index (χ4v) is 5.02. The molecule has 4 amide bonds. The molecular formula is C21H37ClN4O3. The zero-order valence-corrected chi connectivity index (χ0v) is 19.1. The predicted molar refractivity (Wildman–Crippen MR) is 115 cm³/mol. The van der Waals surface area contributed by atoms with Gasteiger partial charge in [-0.15, -0.1) is 12.4 Å². The van der Waals surface area contributed by atoms with Crippen LogP contribution in [-0.4, -0.2) is 65.4 Å². The Bertz CT molecular complexity index is 620. The summed E-state index contributed by atoms with van der Waals surface area (Å²) in [5.41, 5.74) is -0.595. The van der Waals surface area contributed by atoms with Gasteiger partial charge in [0, 0.05) is 19.1 Å². The summed E-state index contributed by atoms with van der Waals surface area (Å²) in [6, 6.07) is -0.252. The van der Waals surface area contributed by atoms with Gasteiger partial charge in [-0.3, -0.25) is 14.5 Å². The molecule has 1 unspecified atom stereocenters. The zero-order valence-electron chi connectivity index (χ0n) is 18.3. The maximum atomic E-state index is 13.1. The number of nitrogens with one attached hydrogen (secondary N) is 2. The minimum Gasteiger partial charge on any atom is -0.337 e. The maximum absolute atomic E-state index is 13.1. The second-order valence-electron chi connectivity index (χ2n) is 9.78. The van der Waals surface area contributed by atoms with E-state index in [1.807, 2.05) is 11.8 Å². The largest absolute Gasteiger partial charge is 0.337 e. The molecule has 3 rings (SSSR count). The maximum Gasteiger partial charge on any atom is 0.325 e. The third-order valence-corrected chi connectivity index (χ3v) is 6.86. The Labute approximate surface area is 180 Å². The quantitative estimate of drug-likeness (QED) is 0.659. The first-order valence-corrected chi connectivity index (χ1v) is 10.8. The summed E-state index contributed by atoms with van der Waals surface area (Å²) in [5, 5.41) is 6.23. The van der Waals surface area contributed by atoms with E-state index < -0.39 is 11.6 Å². The molecule has 0 aromatic carbocycles. The molecule has 3 fully saturated rings. The molecule has 2 saturated heterocycles. The molecule has 2 heterocycles. The van der Waals surface area contributed by atoms with Crippen molar-refractivity contribution in [3.63, 3.8) is 0 Å². The summed E-state index contributed by atoms with van der Waals surface area (Å²) in [5.74, 6) is 0.215. The normalized spacial score (nSPS) is 29.7. The topological polar surface area (TPSA) is 81.8 Å². The summed E-state index contributed by atoms with van der Waals surface area (Å²) in [4.78, 5) is 41.7. The average Bonchev–Trinajstić information content (AvgIpc) is 3.23. The predicted octanol–water partition coefficient (Wildman–Crippen LogP) is 2.54.